The Balaban J connectivity index is 1.21. The number of aromatic nitrogens is 5. The van der Waals surface area contributed by atoms with Gasteiger partial charge in [0.25, 0.3) is 0 Å². The summed E-state index contributed by atoms with van der Waals surface area (Å²) < 4.78 is 4.93. The third-order valence-electron chi connectivity index (χ3n) is 12.5. The molecule has 62 heavy (non-hydrogen) atoms. The number of para-hydroxylation sites is 3. The van der Waals surface area contributed by atoms with E-state index in [0.29, 0.717) is 17.5 Å². The largest absolute Gasteiger partial charge is 0.309 e. The van der Waals surface area contributed by atoms with Crippen molar-refractivity contribution >= 4 is 75.9 Å². The SMILES string of the molecule is c1ccc(-c2nc(-c3ccccc3)nc(-c3cc(-n4c5ccccc5c5c4ccc4c6ccccc6n(-c6ccccc6)c45)c4c5ccccc5c5ccccc5c4c3)n2)cc1. The average Bonchev–Trinajstić information content (AvgIpc) is 3.87. The Bertz CT molecular complexity index is 3850. The van der Waals surface area contributed by atoms with Crippen LogP contribution in [-0.4, -0.2) is 24.1 Å². The molecule has 0 unspecified atom stereocenters. The predicted molar refractivity (Wildman–Crippen MR) is 257 cm³/mol. The number of hydrogen-bond donors (Lipinski definition) is 0. The molecular weight excluding hydrogens is 755 g/mol. The number of rotatable bonds is 5. The average molecular weight is 790 g/mol. The van der Waals surface area contributed by atoms with Gasteiger partial charge in [0.2, 0.25) is 0 Å². The van der Waals surface area contributed by atoms with E-state index < -0.39 is 0 Å². The fourth-order valence-corrected chi connectivity index (χ4v) is 9.87. The van der Waals surface area contributed by atoms with Gasteiger partial charge in [-0.2, -0.15) is 0 Å². The van der Waals surface area contributed by atoms with Gasteiger partial charge in [0.05, 0.1) is 27.8 Å². The molecule has 3 aromatic heterocycles. The smallest absolute Gasteiger partial charge is 0.164 e. The highest BCUT2D eigenvalue weighted by Gasteiger charge is 2.24. The zero-order valence-corrected chi connectivity index (χ0v) is 33.4. The molecule has 0 radical (unpaired) electrons. The molecule has 5 heteroatoms. The first kappa shape index (κ1) is 34.5. The first-order valence-electron chi connectivity index (χ1n) is 21.0. The number of hydrogen-bond acceptors (Lipinski definition) is 3. The second-order valence-electron chi connectivity index (χ2n) is 15.9. The topological polar surface area (TPSA) is 48.5 Å². The minimum Gasteiger partial charge on any atom is -0.309 e. The van der Waals surface area contributed by atoms with E-state index in [-0.39, 0.29) is 0 Å². The molecule has 0 fully saturated rings. The highest BCUT2D eigenvalue weighted by atomic mass is 15.0. The molecule has 10 aromatic carbocycles. The maximum Gasteiger partial charge on any atom is 0.164 e. The van der Waals surface area contributed by atoms with Crippen LogP contribution in [0.3, 0.4) is 0 Å². The normalized spacial score (nSPS) is 11.9. The van der Waals surface area contributed by atoms with Crippen LogP contribution in [0.4, 0.5) is 0 Å². The van der Waals surface area contributed by atoms with Crippen molar-refractivity contribution in [1.82, 2.24) is 24.1 Å². The fraction of sp³-hybridized carbons (Fsp3) is 0. The number of fused-ring (bicyclic) bond motifs is 13. The van der Waals surface area contributed by atoms with Crippen molar-refractivity contribution in [1.29, 1.82) is 0 Å². The Kier molecular flexibility index (Phi) is 7.54. The van der Waals surface area contributed by atoms with Gasteiger partial charge in [-0.3, -0.25) is 0 Å². The van der Waals surface area contributed by atoms with E-state index in [1.165, 1.54) is 59.5 Å². The zero-order chi connectivity index (χ0) is 40.7. The van der Waals surface area contributed by atoms with E-state index in [0.717, 1.165) is 44.5 Å². The lowest BCUT2D eigenvalue weighted by molar-refractivity contribution is 1.07. The summed E-state index contributed by atoms with van der Waals surface area (Å²) in [7, 11) is 0. The summed E-state index contributed by atoms with van der Waals surface area (Å²) in [5, 5.41) is 12.0. The lowest BCUT2D eigenvalue weighted by atomic mass is 9.91. The molecule has 0 atom stereocenters. The zero-order valence-electron chi connectivity index (χ0n) is 33.4. The van der Waals surface area contributed by atoms with Gasteiger partial charge in [-0.25, -0.2) is 15.0 Å². The summed E-state index contributed by atoms with van der Waals surface area (Å²) in [4.78, 5) is 15.6. The summed E-state index contributed by atoms with van der Waals surface area (Å²) in [5.41, 5.74) is 9.61. The Hall–Kier alpha value is -8.41. The molecule has 0 aliphatic carbocycles. The van der Waals surface area contributed by atoms with Gasteiger partial charge in [-0.1, -0.05) is 170 Å². The van der Waals surface area contributed by atoms with Gasteiger partial charge in [-0.05, 0) is 69.4 Å². The maximum absolute atomic E-state index is 5.27. The number of benzene rings is 10. The molecule has 0 bridgehead atoms. The van der Waals surface area contributed by atoms with Crippen LogP contribution in [0, 0.1) is 0 Å². The molecule has 0 saturated carbocycles. The molecule has 13 rings (SSSR count). The van der Waals surface area contributed by atoms with Crippen LogP contribution in [0.15, 0.2) is 212 Å². The van der Waals surface area contributed by atoms with Gasteiger partial charge in [-0.15, -0.1) is 0 Å². The molecule has 0 N–H and O–H groups in total. The highest BCUT2D eigenvalue weighted by molar-refractivity contribution is 6.30. The third kappa shape index (κ3) is 5.12. The summed E-state index contributed by atoms with van der Waals surface area (Å²) in [5.74, 6) is 1.88. The van der Waals surface area contributed by atoms with E-state index in [4.69, 9.17) is 15.0 Å². The first-order chi connectivity index (χ1) is 30.8. The minimum absolute atomic E-state index is 0.616. The van der Waals surface area contributed by atoms with Crippen molar-refractivity contribution in [2.24, 2.45) is 0 Å². The van der Waals surface area contributed by atoms with Gasteiger partial charge in [0, 0.05) is 49.3 Å². The molecular formula is C57H35N5. The highest BCUT2D eigenvalue weighted by Crippen LogP contribution is 2.46. The summed E-state index contributed by atoms with van der Waals surface area (Å²) in [6.45, 7) is 0. The van der Waals surface area contributed by atoms with Crippen LogP contribution in [0.1, 0.15) is 0 Å². The van der Waals surface area contributed by atoms with E-state index in [9.17, 15) is 0 Å². The van der Waals surface area contributed by atoms with E-state index in [1.54, 1.807) is 0 Å². The van der Waals surface area contributed by atoms with Crippen LogP contribution in [0.25, 0.3) is 121 Å². The minimum atomic E-state index is 0.616. The Morgan fingerprint density at radius 1 is 0.274 bits per heavy atom. The molecule has 0 aliphatic rings. The maximum atomic E-state index is 5.27. The summed E-state index contributed by atoms with van der Waals surface area (Å²) in [6, 6.07) is 75.7. The van der Waals surface area contributed by atoms with Crippen LogP contribution in [-0.2, 0) is 0 Å². The third-order valence-corrected chi connectivity index (χ3v) is 12.5. The standard InChI is InChI=1S/C57H35N5/c1-4-18-36(19-5-1)55-58-56(37-20-6-2-7-21-37)60-57(59-55)38-34-47-42-26-11-10-24-40(42)41-25-12-13-28-44(41)52(47)51(35-38)62-49-31-17-15-29-46(49)53-50(62)33-32-45-43-27-14-16-30-48(43)61(54(45)53)39-22-8-3-9-23-39/h1-35H. The Labute approximate surface area is 356 Å². The lowest BCUT2D eigenvalue weighted by Gasteiger charge is -2.18. The van der Waals surface area contributed by atoms with Crippen LogP contribution >= 0.6 is 0 Å². The summed E-state index contributed by atoms with van der Waals surface area (Å²) in [6.07, 6.45) is 0. The fourth-order valence-electron chi connectivity index (χ4n) is 9.87. The van der Waals surface area contributed by atoms with Crippen molar-refractivity contribution in [2.75, 3.05) is 0 Å². The summed E-state index contributed by atoms with van der Waals surface area (Å²) >= 11 is 0. The van der Waals surface area contributed by atoms with Crippen LogP contribution in [0.5, 0.6) is 0 Å². The number of nitrogens with zero attached hydrogens (tertiary/aromatic N) is 5. The van der Waals surface area contributed by atoms with Gasteiger partial charge < -0.3 is 9.13 Å². The predicted octanol–water partition coefficient (Wildman–Crippen LogP) is 14.5. The van der Waals surface area contributed by atoms with Crippen LogP contribution in [0.2, 0.25) is 0 Å². The molecule has 13 aromatic rings. The van der Waals surface area contributed by atoms with Crippen molar-refractivity contribution in [3.8, 4) is 45.5 Å². The molecule has 3 heterocycles. The van der Waals surface area contributed by atoms with E-state index in [2.05, 4.69) is 185 Å². The van der Waals surface area contributed by atoms with Gasteiger partial charge >= 0.3 is 0 Å². The van der Waals surface area contributed by atoms with Crippen molar-refractivity contribution in [3.05, 3.63) is 212 Å². The quantitative estimate of drug-likeness (QED) is 0.163. The van der Waals surface area contributed by atoms with Crippen LogP contribution < -0.4 is 0 Å². The lowest BCUT2D eigenvalue weighted by Crippen LogP contribution is -2.02. The Morgan fingerprint density at radius 3 is 1.37 bits per heavy atom. The monoisotopic (exact) mass is 789 g/mol. The van der Waals surface area contributed by atoms with Gasteiger partial charge in [0.15, 0.2) is 17.5 Å². The molecule has 5 nitrogen and oxygen atoms in total. The van der Waals surface area contributed by atoms with E-state index in [1.807, 2.05) is 36.4 Å². The van der Waals surface area contributed by atoms with E-state index >= 15 is 0 Å². The van der Waals surface area contributed by atoms with Crippen molar-refractivity contribution in [3.63, 3.8) is 0 Å². The molecule has 0 spiro atoms. The molecule has 0 aliphatic heterocycles. The molecule has 288 valence electrons. The molecule has 0 amide bonds. The second kappa shape index (κ2) is 13.6. The second-order valence-corrected chi connectivity index (χ2v) is 15.9. The Morgan fingerprint density at radius 2 is 0.742 bits per heavy atom. The van der Waals surface area contributed by atoms with Gasteiger partial charge in [0.1, 0.15) is 0 Å². The van der Waals surface area contributed by atoms with Crippen molar-refractivity contribution < 1.29 is 0 Å². The molecule has 0 saturated heterocycles. The first-order valence-corrected chi connectivity index (χ1v) is 21.0. The van der Waals surface area contributed by atoms with Crippen molar-refractivity contribution in [2.45, 2.75) is 0 Å².